The zero-order chi connectivity index (χ0) is 24.8. The lowest BCUT2D eigenvalue weighted by molar-refractivity contribution is -0.112. The van der Waals surface area contributed by atoms with E-state index in [2.05, 4.69) is 5.32 Å². The fraction of sp³-hybridized carbons (Fsp3) is 0.222. The highest BCUT2D eigenvalue weighted by atomic mass is 32.1. The molecule has 0 radical (unpaired) electrons. The number of ether oxygens (including phenoxy) is 2. The van der Waals surface area contributed by atoms with E-state index in [1.807, 2.05) is 36.4 Å². The van der Waals surface area contributed by atoms with Gasteiger partial charge in [0.2, 0.25) is 0 Å². The molecule has 0 saturated heterocycles. The van der Waals surface area contributed by atoms with Gasteiger partial charge in [0.25, 0.3) is 11.8 Å². The van der Waals surface area contributed by atoms with Crippen molar-refractivity contribution in [2.24, 2.45) is 5.73 Å². The number of carbonyl (C=O) groups is 2. The zero-order valence-corrected chi connectivity index (χ0v) is 20.1. The van der Waals surface area contributed by atoms with Gasteiger partial charge < -0.3 is 20.5 Å². The van der Waals surface area contributed by atoms with Crippen LogP contribution in [0.1, 0.15) is 44.8 Å². The van der Waals surface area contributed by atoms with Crippen molar-refractivity contribution in [1.82, 2.24) is 0 Å². The average molecular weight is 488 g/mol. The molecule has 2 aromatic carbocycles. The Hall–Kier alpha value is -4.09. The summed E-state index contributed by atoms with van der Waals surface area (Å²) in [6, 6.07) is 16.9. The van der Waals surface area contributed by atoms with Crippen molar-refractivity contribution in [3.8, 4) is 17.6 Å². The molecule has 1 aliphatic carbocycles. The molecule has 0 fully saturated rings. The lowest BCUT2D eigenvalue weighted by Crippen LogP contribution is -2.19. The third-order valence-corrected chi connectivity index (χ3v) is 6.95. The van der Waals surface area contributed by atoms with Crippen molar-refractivity contribution in [1.29, 1.82) is 5.26 Å². The van der Waals surface area contributed by atoms with Gasteiger partial charge in [-0.3, -0.25) is 9.59 Å². The number of hydrogen-bond donors (Lipinski definition) is 2. The van der Waals surface area contributed by atoms with Gasteiger partial charge in [-0.05, 0) is 60.6 Å². The highest BCUT2D eigenvalue weighted by molar-refractivity contribution is 7.17. The summed E-state index contributed by atoms with van der Waals surface area (Å²) in [6.07, 6.45) is 5.11. The molecule has 0 atom stereocenters. The molecule has 0 unspecified atom stereocenters. The monoisotopic (exact) mass is 487 g/mol. The topological polar surface area (TPSA) is 114 Å². The van der Waals surface area contributed by atoms with Crippen LogP contribution in [0.15, 0.2) is 54.1 Å². The Labute approximate surface area is 207 Å². The standard InChI is InChI=1S/C27H25N3O4S/c1-33-22-14-18(11-12-21(22)34-16-17-7-3-2-4-8-17)13-19(15-28)26(32)30-27-24(25(29)31)20-9-5-6-10-23(20)35-27/h2-4,7-8,11-14H,5-6,9-10,16H2,1H3,(H2,29,31)(H,30,32)/b19-13+. The van der Waals surface area contributed by atoms with Gasteiger partial charge in [-0.25, -0.2) is 0 Å². The van der Waals surface area contributed by atoms with Crippen LogP contribution in [-0.2, 0) is 24.2 Å². The van der Waals surface area contributed by atoms with Crippen molar-refractivity contribution in [2.75, 3.05) is 12.4 Å². The number of fused-ring (bicyclic) bond motifs is 1. The third kappa shape index (κ3) is 5.53. The molecule has 4 rings (SSSR count). The first-order valence-electron chi connectivity index (χ1n) is 11.2. The molecule has 35 heavy (non-hydrogen) atoms. The number of carbonyl (C=O) groups excluding carboxylic acids is 2. The summed E-state index contributed by atoms with van der Waals surface area (Å²) >= 11 is 1.36. The number of amides is 2. The highest BCUT2D eigenvalue weighted by Gasteiger charge is 2.25. The van der Waals surface area contributed by atoms with E-state index < -0.39 is 11.8 Å². The molecular weight excluding hydrogens is 462 g/mol. The molecule has 1 aliphatic rings. The Morgan fingerprint density at radius 2 is 1.91 bits per heavy atom. The van der Waals surface area contributed by atoms with Gasteiger partial charge in [0.15, 0.2) is 11.5 Å². The summed E-state index contributed by atoms with van der Waals surface area (Å²) in [5.41, 5.74) is 8.40. The molecule has 1 aromatic heterocycles. The van der Waals surface area contributed by atoms with Gasteiger partial charge in [0.1, 0.15) is 23.3 Å². The summed E-state index contributed by atoms with van der Waals surface area (Å²) in [7, 11) is 1.53. The van der Waals surface area contributed by atoms with Crippen molar-refractivity contribution in [2.45, 2.75) is 32.3 Å². The summed E-state index contributed by atoms with van der Waals surface area (Å²) < 4.78 is 11.3. The molecule has 3 N–H and O–H groups in total. The summed E-state index contributed by atoms with van der Waals surface area (Å²) in [6.45, 7) is 0.380. The van der Waals surface area contributed by atoms with E-state index in [1.165, 1.54) is 24.5 Å². The molecule has 0 bridgehead atoms. The Kier molecular flexibility index (Phi) is 7.48. The fourth-order valence-electron chi connectivity index (χ4n) is 4.03. The first kappa shape index (κ1) is 24.0. The summed E-state index contributed by atoms with van der Waals surface area (Å²) in [5.74, 6) is -0.143. The van der Waals surface area contributed by atoms with Gasteiger partial charge in [-0.1, -0.05) is 36.4 Å². The van der Waals surface area contributed by atoms with Crippen LogP contribution in [0, 0.1) is 11.3 Å². The van der Waals surface area contributed by atoms with Gasteiger partial charge in [-0.2, -0.15) is 5.26 Å². The number of benzene rings is 2. The van der Waals surface area contributed by atoms with Crippen molar-refractivity contribution < 1.29 is 19.1 Å². The molecule has 1 heterocycles. The summed E-state index contributed by atoms with van der Waals surface area (Å²) in [4.78, 5) is 26.1. The molecule has 178 valence electrons. The zero-order valence-electron chi connectivity index (χ0n) is 19.3. The van der Waals surface area contributed by atoms with E-state index in [4.69, 9.17) is 15.2 Å². The number of methoxy groups -OCH3 is 1. The number of thiophene rings is 1. The maximum Gasteiger partial charge on any atom is 0.266 e. The van der Waals surface area contributed by atoms with E-state index in [1.54, 1.807) is 18.2 Å². The number of aryl methyl sites for hydroxylation is 1. The van der Waals surface area contributed by atoms with Gasteiger partial charge in [0, 0.05) is 4.88 Å². The number of anilines is 1. The predicted molar refractivity (Wildman–Crippen MR) is 135 cm³/mol. The fourth-order valence-corrected chi connectivity index (χ4v) is 5.32. The number of nitrogens with zero attached hydrogens (tertiary/aromatic N) is 1. The Bertz CT molecular complexity index is 1320. The minimum absolute atomic E-state index is 0.105. The second-order valence-electron chi connectivity index (χ2n) is 8.09. The maximum atomic E-state index is 12.9. The van der Waals surface area contributed by atoms with Crippen LogP contribution >= 0.6 is 11.3 Å². The number of nitriles is 1. The first-order chi connectivity index (χ1) is 17.0. The number of nitrogens with one attached hydrogen (secondary N) is 1. The minimum Gasteiger partial charge on any atom is -0.493 e. The van der Waals surface area contributed by atoms with Crippen LogP contribution in [0.3, 0.4) is 0 Å². The lowest BCUT2D eigenvalue weighted by Gasteiger charge is -2.12. The Morgan fingerprint density at radius 3 is 2.63 bits per heavy atom. The quantitative estimate of drug-likeness (QED) is 0.348. The largest absolute Gasteiger partial charge is 0.493 e. The highest BCUT2D eigenvalue weighted by Crippen LogP contribution is 2.38. The molecule has 2 amide bonds. The first-order valence-corrected chi connectivity index (χ1v) is 12.0. The van der Waals surface area contributed by atoms with Crippen molar-refractivity contribution in [3.63, 3.8) is 0 Å². The Balaban J connectivity index is 1.53. The van der Waals surface area contributed by atoms with Gasteiger partial charge in [0.05, 0.1) is 12.7 Å². The van der Waals surface area contributed by atoms with Crippen LogP contribution in [-0.4, -0.2) is 18.9 Å². The van der Waals surface area contributed by atoms with Gasteiger partial charge >= 0.3 is 0 Å². The predicted octanol–water partition coefficient (Wildman–Crippen LogP) is 4.86. The second-order valence-corrected chi connectivity index (χ2v) is 9.19. The number of hydrogen-bond acceptors (Lipinski definition) is 6. The summed E-state index contributed by atoms with van der Waals surface area (Å²) in [5, 5.41) is 12.8. The van der Waals surface area contributed by atoms with Crippen LogP contribution in [0.5, 0.6) is 11.5 Å². The second kappa shape index (κ2) is 10.9. The molecule has 0 aliphatic heterocycles. The minimum atomic E-state index is -0.600. The molecular formula is C27H25N3O4S. The van der Waals surface area contributed by atoms with Crippen LogP contribution < -0.4 is 20.5 Å². The molecule has 3 aromatic rings. The number of primary amides is 1. The van der Waals surface area contributed by atoms with E-state index in [9.17, 15) is 14.9 Å². The normalized spacial score (nSPS) is 12.9. The van der Waals surface area contributed by atoms with Gasteiger partial charge in [-0.15, -0.1) is 11.3 Å². The SMILES string of the molecule is COc1cc(/C=C(\C#N)C(=O)Nc2sc3c(c2C(N)=O)CCCC3)ccc1OCc1ccccc1. The molecule has 7 nitrogen and oxygen atoms in total. The van der Waals surface area contributed by atoms with Crippen LogP contribution in [0.2, 0.25) is 0 Å². The van der Waals surface area contributed by atoms with Crippen LogP contribution in [0.25, 0.3) is 6.08 Å². The van der Waals surface area contributed by atoms with Crippen molar-refractivity contribution in [3.05, 3.63) is 81.2 Å². The smallest absolute Gasteiger partial charge is 0.266 e. The Morgan fingerprint density at radius 1 is 1.14 bits per heavy atom. The number of nitrogens with two attached hydrogens (primary N) is 1. The molecule has 8 heteroatoms. The van der Waals surface area contributed by atoms with Crippen molar-refractivity contribution >= 4 is 34.2 Å². The van der Waals surface area contributed by atoms with Crippen LogP contribution in [0.4, 0.5) is 5.00 Å². The lowest BCUT2D eigenvalue weighted by atomic mass is 9.95. The van der Waals surface area contributed by atoms with E-state index in [0.717, 1.165) is 41.7 Å². The third-order valence-electron chi connectivity index (χ3n) is 5.75. The molecule has 0 spiro atoms. The maximum absolute atomic E-state index is 12.9. The molecule has 0 saturated carbocycles. The van der Waals surface area contributed by atoms with E-state index in [-0.39, 0.29) is 5.57 Å². The number of rotatable bonds is 8. The van der Waals surface area contributed by atoms with E-state index in [0.29, 0.717) is 34.2 Å². The van der Waals surface area contributed by atoms with E-state index >= 15 is 0 Å². The average Bonchev–Trinajstić information content (AvgIpc) is 3.24.